The molecule has 2 saturated heterocycles. The van der Waals surface area contributed by atoms with E-state index in [-0.39, 0.29) is 11.1 Å². The topological polar surface area (TPSA) is 78.4 Å². The molecule has 1 N–H and O–H groups in total. The number of benzene rings is 2. The summed E-state index contributed by atoms with van der Waals surface area (Å²) in [5.41, 5.74) is 6.06. The molecule has 5 rings (SSSR count). The van der Waals surface area contributed by atoms with Gasteiger partial charge in [-0.3, -0.25) is 19.8 Å². The third-order valence-corrected chi connectivity index (χ3v) is 7.42. The second-order valence-corrected chi connectivity index (χ2v) is 10.0. The molecule has 2 aromatic carbocycles. The standard InChI is InChI=1S/C27H29N5O2S/c1-3-4-9-31-10-12-32(13-11-31)23-8-6-20(14-18(23)2)25-21-15-19(5-7-22(21)28-17-29-25)16-24-26(33)30-27(34)35-24/h5-8,14-17H,3-4,9-13H2,1-2H3,(H,30,33,34). The Hall–Kier alpha value is -3.23. The lowest BCUT2D eigenvalue weighted by Crippen LogP contribution is -2.46. The third-order valence-electron chi connectivity index (χ3n) is 6.61. The summed E-state index contributed by atoms with van der Waals surface area (Å²) in [7, 11) is 0. The maximum Gasteiger partial charge on any atom is 0.290 e. The first-order valence-corrected chi connectivity index (χ1v) is 12.9. The molecule has 7 nitrogen and oxygen atoms in total. The molecule has 35 heavy (non-hydrogen) atoms. The van der Waals surface area contributed by atoms with E-state index in [9.17, 15) is 9.59 Å². The molecule has 0 atom stereocenters. The van der Waals surface area contributed by atoms with Crippen LogP contribution in [0.5, 0.6) is 0 Å². The Kier molecular flexibility index (Phi) is 6.83. The van der Waals surface area contributed by atoms with E-state index in [2.05, 4.69) is 57.1 Å². The molecule has 1 aromatic heterocycles. The van der Waals surface area contributed by atoms with Crippen LogP contribution in [-0.4, -0.2) is 58.7 Å². The maximum atomic E-state index is 12.0. The number of nitrogens with one attached hydrogen (secondary N) is 1. The lowest BCUT2D eigenvalue weighted by Gasteiger charge is -2.37. The van der Waals surface area contributed by atoms with Gasteiger partial charge in [-0.15, -0.1) is 0 Å². The van der Waals surface area contributed by atoms with Gasteiger partial charge in [-0.2, -0.15) is 0 Å². The summed E-state index contributed by atoms with van der Waals surface area (Å²) >= 11 is 0.918. The number of hydrogen-bond acceptors (Lipinski definition) is 7. The van der Waals surface area contributed by atoms with Gasteiger partial charge in [0.25, 0.3) is 11.1 Å². The van der Waals surface area contributed by atoms with Crippen LogP contribution in [0.3, 0.4) is 0 Å². The van der Waals surface area contributed by atoms with Crippen LogP contribution in [0.1, 0.15) is 30.9 Å². The second-order valence-electron chi connectivity index (χ2n) is 9.03. The Labute approximate surface area is 209 Å². The number of anilines is 1. The number of amides is 2. The Morgan fingerprint density at radius 2 is 1.89 bits per heavy atom. The molecule has 2 aliphatic rings. The van der Waals surface area contributed by atoms with Gasteiger partial charge in [0.15, 0.2) is 0 Å². The molecule has 0 aliphatic carbocycles. The first-order chi connectivity index (χ1) is 17.0. The van der Waals surface area contributed by atoms with Crippen molar-refractivity contribution in [2.75, 3.05) is 37.6 Å². The van der Waals surface area contributed by atoms with Gasteiger partial charge in [0.05, 0.1) is 16.1 Å². The summed E-state index contributed by atoms with van der Waals surface area (Å²) in [4.78, 5) is 37.9. The van der Waals surface area contributed by atoms with E-state index in [1.807, 2.05) is 18.2 Å². The Balaban J connectivity index is 1.41. The number of fused-ring (bicyclic) bond motifs is 1. The van der Waals surface area contributed by atoms with Crippen molar-refractivity contribution in [3.05, 3.63) is 58.8 Å². The summed E-state index contributed by atoms with van der Waals surface area (Å²) in [6.45, 7) is 9.92. The van der Waals surface area contributed by atoms with Crippen LogP contribution in [0.2, 0.25) is 0 Å². The number of imide groups is 1. The Morgan fingerprint density at radius 3 is 2.60 bits per heavy atom. The zero-order valence-electron chi connectivity index (χ0n) is 20.1. The average molecular weight is 488 g/mol. The highest BCUT2D eigenvalue weighted by atomic mass is 32.2. The monoisotopic (exact) mass is 487 g/mol. The SMILES string of the molecule is CCCCN1CCN(c2ccc(-c3ncnc4ccc(C=C5SC(=O)NC5=O)cc34)cc2C)CC1. The van der Waals surface area contributed by atoms with E-state index < -0.39 is 0 Å². The van der Waals surface area contributed by atoms with Gasteiger partial charge >= 0.3 is 0 Å². The first kappa shape index (κ1) is 23.5. The minimum atomic E-state index is -0.359. The fraction of sp³-hybridized carbons (Fsp3) is 0.333. The number of piperazine rings is 1. The van der Waals surface area contributed by atoms with Crippen LogP contribution < -0.4 is 10.2 Å². The van der Waals surface area contributed by atoms with Crippen molar-refractivity contribution in [1.29, 1.82) is 0 Å². The van der Waals surface area contributed by atoms with Gasteiger partial charge in [0.2, 0.25) is 0 Å². The fourth-order valence-corrected chi connectivity index (χ4v) is 5.40. The van der Waals surface area contributed by atoms with Crippen LogP contribution in [0.15, 0.2) is 47.6 Å². The highest BCUT2D eigenvalue weighted by Gasteiger charge is 2.25. The van der Waals surface area contributed by atoms with E-state index in [1.165, 1.54) is 30.6 Å². The predicted octanol–water partition coefficient (Wildman–Crippen LogP) is 4.85. The Bertz CT molecular complexity index is 1310. The minimum Gasteiger partial charge on any atom is -0.369 e. The normalized spacial score (nSPS) is 18.0. The summed E-state index contributed by atoms with van der Waals surface area (Å²) in [6, 6.07) is 12.3. The molecule has 2 amide bonds. The molecule has 3 heterocycles. The van der Waals surface area contributed by atoms with Gasteiger partial charge in [-0.05, 0) is 73.1 Å². The molecular weight excluding hydrogens is 458 g/mol. The minimum absolute atomic E-state index is 0.344. The highest BCUT2D eigenvalue weighted by molar-refractivity contribution is 8.18. The van der Waals surface area contributed by atoms with Crippen molar-refractivity contribution >= 4 is 45.6 Å². The van der Waals surface area contributed by atoms with E-state index in [0.717, 1.165) is 65.7 Å². The first-order valence-electron chi connectivity index (χ1n) is 12.1. The van der Waals surface area contributed by atoms with E-state index in [4.69, 9.17) is 0 Å². The number of thioether (sulfide) groups is 1. The molecule has 2 aliphatic heterocycles. The number of hydrogen-bond donors (Lipinski definition) is 1. The molecule has 0 saturated carbocycles. The van der Waals surface area contributed by atoms with Gasteiger partial charge < -0.3 is 4.90 Å². The second kappa shape index (κ2) is 10.2. The number of rotatable bonds is 6. The van der Waals surface area contributed by atoms with Crippen LogP contribution >= 0.6 is 11.8 Å². The van der Waals surface area contributed by atoms with Gasteiger partial charge in [0, 0.05) is 42.8 Å². The van der Waals surface area contributed by atoms with Crippen molar-refractivity contribution < 1.29 is 9.59 Å². The summed E-state index contributed by atoms with van der Waals surface area (Å²) < 4.78 is 0. The van der Waals surface area contributed by atoms with Crippen LogP contribution in [0.4, 0.5) is 10.5 Å². The average Bonchev–Trinajstić information content (AvgIpc) is 3.18. The summed E-state index contributed by atoms with van der Waals surface area (Å²) in [5.74, 6) is -0.359. The molecule has 3 aromatic rings. The zero-order chi connectivity index (χ0) is 24.4. The van der Waals surface area contributed by atoms with Gasteiger partial charge in [-0.25, -0.2) is 9.97 Å². The van der Waals surface area contributed by atoms with Gasteiger partial charge in [0.1, 0.15) is 6.33 Å². The van der Waals surface area contributed by atoms with E-state index >= 15 is 0 Å². The van der Waals surface area contributed by atoms with Crippen LogP contribution in [0.25, 0.3) is 28.2 Å². The van der Waals surface area contributed by atoms with Crippen molar-refractivity contribution in [2.45, 2.75) is 26.7 Å². The lowest BCUT2D eigenvalue weighted by molar-refractivity contribution is -0.115. The molecule has 180 valence electrons. The molecule has 0 bridgehead atoms. The number of carbonyl (C=O) groups is 2. The van der Waals surface area contributed by atoms with Crippen LogP contribution in [0, 0.1) is 6.92 Å². The molecule has 0 unspecified atom stereocenters. The van der Waals surface area contributed by atoms with Crippen molar-refractivity contribution in [2.24, 2.45) is 0 Å². The van der Waals surface area contributed by atoms with Gasteiger partial charge in [-0.1, -0.05) is 25.5 Å². The lowest BCUT2D eigenvalue weighted by atomic mass is 10.0. The number of nitrogens with zero attached hydrogens (tertiary/aromatic N) is 4. The molecular formula is C27H29N5O2S. The van der Waals surface area contributed by atoms with Crippen LogP contribution in [-0.2, 0) is 4.79 Å². The third kappa shape index (κ3) is 5.09. The number of aromatic nitrogens is 2. The smallest absolute Gasteiger partial charge is 0.290 e. The molecule has 0 radical (unpaired) electrons. The zero-order valence-corrected chi connectivity index (χ0v) is 20.9. The Morgan fingerprint density at radius 1 is 1.06 bits per heavy atom. The number of carbonyl (C=O) groups excluding carboxylic acids is 2. The maximum absolute atomic E-state index is 12.0. The van der Waals surface area contributed by atoms with E-state index in [1.54, 1.807) is 12.4 Å². The number of unbranched alkanes of at least 4 members (excludes halogenated alkanes) is 1. The van der Waals surface area contributed by atoms with E-state index in [0.29, 0.717) is 4.91 Å². The summed E-state index contributed by atoms with van der Waals surface area (Å²) in [6.07, 6.45) is 5.83. The molecule has 2 fully saturated rings. The van der Waals surface area contributed by atoms with Crippen molar-refractivity contribution in [3.8, 4) is 11.3 Å². The number of aryl methyl sites for hydroxylation is 1. The highest BCUT2D eigenvalue weighted by Crippen LogP contribution is 2.32. The quantitative estimate of drug-likeness (QED) is 0.498. The largest absolute Gasteiger partial charge is 0.369 e. The fourth-order valence-electron chi connectivity index (χ4n) is 4.72. The predicted molar refractivity (Wildman–Crippen MR) is 142 cm³/mol. The summed E-state index contributed by atoms with van der Waals surface area (Å²) in [5, 5.41) is 2.86. The molecule has 0 spiro atoms. The van der Waals surface area contributed by atoms with Crippen molar-refractivity contribution in [3.63, 3.8) is 0 Å². The van der Waals surface area contributed by atoms with Crippen molar-refractivity contribution in [1.82, 2.24) is 20.2 Å². The molecule has 8 heteroatoms.